The van der Waals surface area contributed by atoms with Gasteiger partial charge in [-0.3, -0.25) is 4.79 Å². The molecule has 8 nitrogen and oxygen atoms in total. The average molecular weight is 316 g/mol. The van der Waals surface area contributed by atoms with Crippen molar-refractivity contribution in [3.63, 3.8) is 0 Å². The van der Waals surface area contributed by atoms with E-state index in [1.54, 1.807) is 25.3 Å². The lowest BCUT2D eigenvalue weighted by Crippen LogP contribution is -2.45. The first-order valence-electron chi connectivity index (χ1n) is 7.18. The smallest absolute Gasteiger partial charge is 0.339 e. The Bertz CT molecular complexity index is 785. The lowest BCUT2D eigenvalue weighted by Gasteiger charge is -2.34. The van der Waals surface area contributed by atoms with Gasteiger partial charge in [-0.15, -0.1) is 5.10 Å². The van der Waals surface area contributed by atoms with Crippen molar-refractivity contribution in [2.24, 2.45) is 11.3 Å². The zero-order valence-electron chi connectivity index (χ0n) is 12.8. The molecule has 23 heavy (non-hydrogen) atoms. The van der Waals surface area contributed by atoms with Crippen LogP contribution in [0.4, 0.5) is 0 Å². The quantitative estimate of drug-likeness (QED) is 0.472. The second-order valence-corrected chi connectivity index (χ2v) is 5.59. The molecule has 0 spiro atoms. The van der Waals surface area contributed by atoms with Crippen molar-refractivity contribution >= 4 is 23.1 Å². The largest absolute Gasteiger partial charge is 0.469 e. The van der Waals surface area contributed by atoms with Crippen molar-refractivity contribution in [2.45, 2.75) is 19.8 Å². The number of esters is 1. The maximum atomic E-state index is 12.6. The maximum absolute atomic E-state index is 12.6. The minimum Gasteiger partial charge on any atom is -0.469 e. The van der Waals surface area contributed by atoms with Gasteiger partial charge in [-0.2, -0.15) is 0 Å². The molecule has 0 aromatic carbocycles. The Morgan fingerprint density at radius 1 is 1.39 bits per heavy atom. The molecule has 0 amide bonds. The summed E-state index contributed by atoms with van der Waals surface area (Å²) < 4.78 is 4.85. The summed E-state index contributed by atoms with van der Waals surface area (Å²) in [6.45, 7) is 1.70. The fourth-order valence-electron chi connectivity index (χ4n) is 2.73. The van der Waals surface area contributed by atoms with E-state index in [0.29, 0.717) is 24.0 Å². The third-order valence-corrected chi connectivity index (χ3v) is 4.14. The molecule has 0 aliphatic heterocycles. The molecule has 0 saturated heterocycles. The SMILES string of the molecule is COC(=O)[C@@]1(C)CC=CC[C@H]1C(=O)On1nnc2cccnc21. The number of carbonyl (C=O) groups is 2. The molecule has 2 aromatic heterocycles. The zero-order valence-corrected chi connectivity index (χ0v) is 12.8. The van der Waals surface area contributed by atoms with E-state index in [2.05, 4.69) is 15.3 Å². The van der Waals surface area contributed by atoms with Crippen molar-refractivity contribution in [2.75, 3.05) is 7.11 Å². The van der Waals surface area contributed by atoms with Crippen LogP contribution in [0.15, 0.2) is 30.5 Å². The summed E-state index contributed by atoms with van der Waals surface area (Å²) in [4.78, 5) is 35.0. The van der Waals surface area contributed by atoms with Crippen LogP contribution in [-0.2, 0) is 14.3 Å². The number of hydrogen-bond acceptors (Lipinski definition) is 7. The van der Waals surface area contributed by atoms with E-state index < -0.39 is 23.3 Å². The summed E-state index contributed by atoms with van der Waals surface area (Å²) in [5, 5.41) is 7.64. The molecule has 0 fully saturated rings. The lowest BCUT2D eigenvalue weighted by molar-refractivity contribution is -0.168. The first kappa shape index (κ1) is 15.1. The lowest BCUT2D eigenvalue weighted by atomic mass is 9.70. The second-order valence-electron chi connectivity index (χ2n) is 5.59. The number of nitrogens with zero attached hydrogens (tertiary/aromatic N) is 4. The molecule has 0 N–H and O–H groups in total. The number of hydrogen-bond donors (Lipinski definition) is 0. The van der Waals surface area contributed by atoms with Gasteiger partial charge in [-0.1, -0.05) is 12.2 Å². The van der Waals surface area contributed by atoms with Crippen LogP contribution in [0.5, 0.6) is 0 Å². The minimum absolute atomic E-state index is 0.340. The van der Waals surface area contributed by atoms with Gasteiger partial charge in [0.1, 0.15) is 5.52 Å². The fourth-order valence-corrected chi connectivity index (χ4v) is 2.73. The fraction of sp³-hybridized carbons (Fsp3) is 0.400. The standard InChI is InChI=1S/C15H16N4O4/c1-15(14(21)22-2)8-4-3-6-10(15)13(20)23-19-12-11(17-18-19)7-5-9-16-12/h3-5,7,9-10H,6,8H2,1-2H3/t10-,15-/m0/s1. The molecule has 8 heteroatoms. The van der Waals surface area contributed by atoms with Crippen LogP contribution in [-0.4, -0.2) is 39.2 Å². The summed E-state index contributed by atoms with van der Waals surface area (Å²) in [5.41, 5.74) is -0.115. The van der Waals surface area contributed by atoms with Crippen LogP contribution < -0.4 is 4.84 Å². The Balaban J connectivity index is 1.87. The number of pyridine rings is 1. The Hall–Kier alpha value is -2.77. The molecule has 0 unspecified atom stereocenters. The zero-order chi connectivity index (χ0) is 16.4. The van der Waals surface area contributed by atoms with E-state index in [9.17, 15) is 9.59 Å². The predicted octanol–water partition coefficient (Wildman–Crippen LogP) is 0.927. The number of methoxy groups -OCH3 is 1. The van der Waals surface area contributed by atoms with E-state index in [4.69, 9.17) is 9.57 Å². The highest BCUT2D eigenvalue weighted by atomic mass is 16.7. The summed E-state index contributed by atoms with van der Waals surface area (Å²) in [7, 11) is 1.31. The number of rotatable bonds is 3. The highest BCUT2D eigenvalue weighted by Gasteiger charge is 2.47. The van der Waals surface area contributed by atoms with Gasteiger partial charge in [0.15, 0.2) is 0 Å². The topological polar surface area (TPSA) is 96.2 Å². The molecule has 2 aromatic rings. The number of fused-ring (bicyclic) bond motifs is 1. The molecule has 2 heterocycles. The van der Waals surface area contributed by atoms with Crippen LogP contribution in [0.1, 0.15) is 19.8 Å². The monoisotopic (exact) mass is 316 g/mol. The molecule has 1 aliphatic carbocycles. The van der Waals surface area contributed by atoms with Gasteiger partial charge in [-0.05, 0) is 42.0 Å². The second kappa shape index (κ2) is 5.79. The summed E-state index contributed by atoms with van der Waals surface area (Å²) >= 11 is 0. The molecule has 120 valence electrons. The minimum atomic E-state index is -0.968. The molecule has 0 bridgehead atoms. The molecular formula is C15H16N4O4. The van der Waals surface area contributed by atoms with Gasteiger partial charge >= 0.3 is 11.9 Å². The van der Waals surface area contributed by atoms with Gasteiger partial charge in [-0.25, -0.2) is 9.78 Å². The summed E-state index contributed by atoms with van der Waals surface area (Å²) in [6.07, 6.45) is 6.08. The van der Waals surface area contributed by atoms with Crippen molar-refractivity contribution in [3.8, 4) is 0 Å². The Labute approximate surface area is 132 Å². The van der Waals surface area contributed by atoms with E-state index in [1.807, 2.05) is 12.2 Å². The normalized spacial score (nSPS) is 23.7. The molecule has 1 aliphatic rings. The van der Waals surface area contributed by atoms with E-state index >= 15 is 0 Å². The van der Waals surface area contributed by atoms with Crippen LogP contribution in [0, 0.1) is 11.3 Å². The number of aromatic nitrogens is 4. The van der Waals surface area contributed by atoms with Crippen molar-refractivity contribution in [1.29, 1.82) is 0 Å². The van der Waals surface area contributed by atoms with Crippen LogP contribution >= 0.6 is 0 Å². The van der Waals surface area contributed by atoms with E-state index in [1.165, 1.54) is 7.11 Å². The molecule has 0 saturated carbocycles. The molecule has 3 rings (SSSR count). The maximum Gasteiger partial charge on any atom is 0.339 e. The van der Waals surface area contributed by atoms with Gasteiger partial charge in [0.25, 0.3) is 0 Å². The van der Waals surface area contributed by atoms with E-state index in [-0.39, 0.29) is 0 Å². The number of allylic oxidation sites excluding steroid dienone is 2. The van der Waals surface area contributed by atoms with Crippen LogP contribution in [0.25, 0.3) is 11.2 Å². The average Bonchev–Trinajstić information content (AvgIpc) is 2.97. The number of carbonyl (C=O) groups excluding carboxylic acids is 2. The third-order valence-electron chi connectivity index (χ3n) is 4.14. The highest BCUT2D eigenvalue weighted by molar-refractivity contribution is 5.86. The van der Waals surface area contributed by atoms with Gasteiger partial charge in [0.05, 0.1) is 18.4 Å². The van der Waals surface area contributed by atoms with Gasteiger partial charge < -0.3 is 9.57 Å². The van der Waals surface area contributed by atoms with Gasteiger partial charge in [0.2, 0.25) is 5.65 Å². The predicted molar refractivity (Wildman–Crippen MR) is 78.9 cm³/mol. The Morgan fingerprint density at radius 2 is 2.22 bits per heavy atom. The van der Waals surface area contributed by atoms with Crippen molar-refractivity contribution < 1.29 is 19.2 Å². The highest BCUT2D eigenvalue weighted by Crippen LogP contribution is 2.39. The molecule has 0 radical (unpaired) electrons. The number of ether oxygens (including phenoxy) is 1. The first-order valence-corrected chi connectivity index (χ1v) is 7.18. The summed E-state index contributed by atoms with van der Waals surface area (Å²) in [6, 6.07) is 3.42. The Morgan fingerprint density at radius 3 is 3.00 bits per heavy atom. The first-order chi connectivity index (χ1) is 11.1. The van der Waals surface area contributed by atoms with Crippen molar-refractivity contribution in [3.05, 3.63) is 30.5 Å². The third kappa shape index (κ3) is 2.56. The molecule has 2 atom stereocenters. The summed E-state index contributed by atoms with van der Waals surface area (Å²) in [5.74, 6) is -1.67. The Kier molecular flexibility index (Phi) is 3.81. The van der Waals surface area contributed by atoms with Crippen LogP contribution in [0.3, 0.4) is 0 Å². The van der Waals surface area contributed by atoms with Gasteiger partial charge in [0, 0.05) is 6.20 Å². The van der Waals surface area contributed by atoms with Crippen molar-refractivity contribution in [1.82, 2.24) is 20.1 Å². The molecular weight excluding hydrogens is 300 g/mol. The van der Waals surface area contributed by atoms with Crippen LogP contribution in [0.2, 0.25) is 0 Å². The van der Waals surface area contributed by atoms with E-state index in [0.717, 1.165) is 4.85 Å².